The number of benzene rings is 2. The molecule has 1 atom stereocenters. The van der Waals surface area contributed by atoms with Crippen molar-refractivity contribution in [3.05, 3.63) is 65.5 Å². The van der Waals surface area contributed by atoms with Crippen LogP contribution in [0.1, 0.15) is 29.5 Å². The van der Waals surface area contributed by atoms with Gasteiger partial charge in [-0.05, 0) is 31.0 Å². The number of aliphatic hydroxyl groups excluding tert-OH is 2. The Morgan fingerprint density at radius 2 is 1.83 bits per heavy atom. The number of hydrogen-bond donors (Lipinski definition) is 2. The summed E-state index contributed by atoms with van der Waals surface area (Å²) in [5, 5.41) is 19.7. The first-order chi connectivity index (χ1) is 11.2. The molecule has 0 radical (unpaired) electrons. The highest BCUT2D eigenvalue weighted by atomic mass is 16.3. The summed E-state index contributed by atoms with van der Waals surface area (Å²) < 4.78 is 2.06. The number of fused-ring (bicyclic) bond motifs is 1. The third kappa shape index (κ3) is 3.44. The standard InChI is InChI=1S/C19H22N2O2/c1-14-8-10-15(11-9-14)18(23)13-21-17-6-3-2-5-16(17)20-19(21)7-4-12-22/h2-3,5-6,8-11,18,22-23H,4,7,12-13H2,1H3. The van der Waals surface area contributed by atoms with Crippen molar-refractivity contribution in [3.63, 3.8) is 0 Å². The topological polar surface area (TPSA) is 58.3 Å². The Balaban J connectivity index is 1.92. The Hall–Kier alpha value is -2.17. The summed E-state index contributed by atoms with van der Waals surface area (Å²) in [6, 6.07) is 15.9. The Kier molecular flexibility index (Phi) is 4.74. The summed E-state index contributed by atoms with van der Waals surface area (Å²) >= 11 is 0. The molecule has 1 unspecified atom stereocenters. The van der Waals surface area contributed by atoms with Crippen LogP contribution >= 0.6 is 0 Å². The molecule has 2 N–H and O–H groups in total. The number of aryl methyl sites for hydroxylation is 2. The van der Waals surface area contributed by atoms with Crippen LogP contribution in [0.5, 0.6) is 0 Å². The first kappa shape index (κ1) is 15.7. The van der Waals surface area contributed by atoms with Gasteiger partial charge in [0.05, 0.1) is 23.7 Å². The number of rotatable bonds is 6. The van der Waals surface area contributed by atoms with Crippen molar-refractivity contribution < 1.29 is 10.2 Å². The second-order valence-electron chi connectivity index (χ2n) is 5.88. The van der Waals surface area contributed by atoms with Gasteiger partial charge < -0.3 is 14.8 Å². The van der Waals surface area contributed by atoms with E-state index in [4.69, 9.17) is 5.11 Å². The number of para-hydroxylation sites is 2. The molecule has 0 aliphatic heterocycles. The minimum absolute atomic E-state index is 0.143. The number of aromatic nitrogens is 2. The average molecular weight is 310 g/mol. The van der Waals surface area contributed by atoms with Crippen LogP contribution in [-0.2, 0) is 13.0 Å². The molecule has 3 rings (SSSR count). The van der Waals surface area contributed by atoms with Crippen LogP contribution in [-0.4, -0.2) is 26.4 Å². The molecule has 120 valence electrons. The van der Waals surface area contributed by atoms with Crippen molar-refractivity contribution in [2.45, 2.75) is 32.4 Å². The molecular weight excluding hydrogens is 288 g/mol. The maximum Gasteiger partial charge on any atom is 0.110 e. The molecule has 1 aromatic heterocycles. The van der Waals surface area contributed by atoms with Crippen LogP contribution in [0.2, 0.25) is 0 Å². The molecule has 0 aliphatic rings. The highest BCUT2D eigenvalue weighted by Gasteiger charge is 2.15. The van der Waals surface area contributed by atoms with Gasteiger partial charge in [0.2, 0.25) is 0 Å². The Bertz CT molecular complexity index is 778. The lowest BCUT2D eigenvalue weighted by molar-refractivity contribution is 0.156. The largest absolute Gasteiger partial charge is 0.396 e. The number of imidazole rings is 1. The van der Waals surface area contributed by atoms with E-state index < -0.39 is 6.10 Å². The highest BCUT2D eigenvalue weighted by molar-refractivity contribution is 5.75. The zero-order valence-corrected chi connectivity index (χ0v) is 13.3. The predicted molar refractivity (Wildman–Crippen MR) is 91.3 cm³/mol. The molecule has 0 aliphatic carbocycles. The summed E-state index contributed by atoms with van der Waals surface area (Å²) in [6.45, 7) is 2.64. The van der Waals surface area contributed by atoms with E-state index in [1.54, 1.807) is 0 Å². The van der Waals surface area contributed by atoms with Crippen LogP contribution in [0.4, 0.5) is 0 Å². The van der Waals surface area contributed by atoms with Gasteiger partial charge in [0.25, 0.3) is 0 Å². The average Bonchev–Trinajstić information content (AvgIpc) is 2.91. The van der Waals surface area contributed by atoms with Gasteiger partial charge in [-0.15, -0.1) is 0 Å². The summed E-state index contributed by atoms with van der Waals surface area (Å²) in [5.74, 6) is 0.909. The molecule has 4 heteroatoms. The van der Waals surface area contributed by atoms with Gasteiger partial charge in [0, 0.05) is 13.0 Å². The molecule has 2 aromatic carbocycles. The molecule has 0 bridgehead atoms. The lowest BCUT2D eigenvalue weighted by Crippen LogP contribution is -2.12. The second-order valence-corrected chi connectivity index (χ2v) is 5.88. The van der Waals surface area contributed by atoms with Gasteiger partial charge >= 0.3 is 0 Å². The van der Waals surface area contributed by atoms with Crippen LogP contribution in [0.3, 0.4) is 0 Å². The van der Waals surface area contributed by atoms with Crippen LogP contribution in [0.25, 0.3) is 11.0 Å². The molecule has 0 amide bonds. The summed E-state index contributed by atoms with van der Waals surface area (Å²) in [4.78, 5) is 4.65. The Labute approximate surface area is 136 Å². The van der Waals surface area contributed by atoms with Gasteiger partial charge in [-0.25, -0.2) is 4.98 Å². The van der Waals surface area contributed by atoms with Crippen molar-refractivity contribution in [1.82, 2.24) is 9.55 Å². The van der Waals surface area contributed by atoms with Gasteiger partial charge in [0.15, 0.2) is 0 Å². The van der Waals surface area contributed by atoms with E-state index in [0.717, 1.165) is 22.4 Å². The van der Waals surface area contributed by atoms with Crippen molar-refractivity contribution >= 4 is 11.0 Å². The lowest BCUT2D eigenvalue weighted by atomic mass is 10.1. The monoisotopic (exact) mass is 310 g/mol. The van der Waals surface area contributed by atoms with Crippen LogP contribution in [0, 0.1) is 6.92 Å². The molecule has 3 aromatic rings. The fourth-order valence-electron chi connectivity index (χ4n) is 2.82. The molecular formula is C19H22N2O2. The van der Waals surface area contributed by atoms with Crippen LogP contribution in [0.15, 0.2) is 48.5 Å². The van der Waals surface area contributed by atoms with E-state index in [2.05, 4.69) is 9.55 Å². The van der Waals surface area contributed by atoms with E-state index in [9.17, 15) is 5.11 Å². The first-order valence-electron chi connectivity index (χ1n) is 7.98. The fraction of sp³-hybridized carbons (Fsp3) is 0.316. The quantitative estimate of drug-likeness (QED) is 0.736. The number of nitrogens with zero attached hydrogens (tertiary/aromatic N) is 2. The summed E-state index contributed by atoms with van der Waals surface area (Å²) in [5.41, 5.74) is 4.03. The second kappa shape index (κ2) is 6.94. The number of aliphatic hydroxyl groups is 2. The van der Waals surface area contributed by atoms with Gasteiger partial charge in [-0.3, -0.25) is 0 Å². The molecule has 0 spiro atoms. The normalized spacial score (nSPS) is 12.7. The zero-order chi connectivity index (χ0) is 16.2. The minimum Gasteiger partial charge on any atom is -0.396 e. The SMILES string of the molecule is Cc1ccc(C(O)Cn2c(CCCO)nc3ccccc32)cc1. The maximum absolute atomic E-state index is 10.6. The molecule has 0 saturated carbocycles. The van der Waals surface area contributed by atoms with Crippen molar-refractivity contribution in [3.8, 4) is 0 Å². The third-order valence-electron chi connectivity index (χ3n) is 4.11. The van der Waals surface area contributed by atoms with Crippen LogP contribution < -0.4 is 0 Å². The number of hydrogen-bond acceptors (Lipinski definition) is 3. The zero-order valence-electron chi connectivity index (χ0n) is 13.3. The molecule has 1 heterocycles. The van der Waals surface area contributed by atoms with Crippen molar-refractivity contribution in [2.24, 2.45) is 0 Å². The minimum atomic E-state index is -0.582. The van der Waals surface area contributed by atoms with Gasteiger partial charge in [-0.2, -0.15) is 0 Å². The van der Waals surface area contributed by atoms with Gasteiger partial charge in [0.1, 0.15) is 5.82 Å². The Morgan fingerprint density at radius 1 is 1.09 bits per heavy atom. The summed E-state index contributed by atoms with van der Waals surface area (Å²) in [7, 11) is 0. The van der Waals surface area contributed by atoms with E-state index in [1.165, 1.54) is 5.56 Å². The predicted octanol–water partition coefficient (Wildman–Crippen LogP) is 3.00. The fourth-order valence-corrected chi connectivity index (χ4v) is 2.82. The molecule has 4 nitrogen and oxygen atoms in total. The molecule has 0 fully saturated rings. The van der Waals surface area contributed by atoms with E-state index in [1.807, 2.05) is 55.5 Å². The first-order valence-corrected chi connectivity index (χ1v) is 7.98. The van der Waals surface area contributed by atoms with Gasteiger partial charge in [-0.1, -0.05) is 42.0 Å². The highest BCUT2D eigenvalue weighted by Crippen LogP contribution is 2.22. The Morgan fingerprint density at radius 3 is 2.57 bits per heavy atom. The van der Waals surface area contributed by atoms with E-state index in [0.29, 0.717) is 19.4 Å². The van der Waals surface area contributed by atoms with E-state index in [-0.39, 0.29) is 6.61 Å². The third-order valence-corrected chi connectivity index (χ3v) is 4.11. The molecule has 23 heavy (non-hydrogen) atoms. The lowest BCUT2D eigenvalue weighted by Gasteiger charge is -2.15. The molecule has 0 saturated heterocycles. The summed E-state index contributed by atoms with van der Waals surface area (Å²) in [6.07, 6.45) is 0.788. The van der Waals surface area contributed by atoms with E-state index >= 15 is 0 Å². The van der Waals surface area contributed by atoms with Crippen molar-refractivity contribution in [2.75, 3.05) is 6.61 Å². The smallest absolute Gasteiger partial charge is 0.110 e. The van der Waals surface area contributed by atoms with Crippen molar-refractivity contribution in [1.29, 1.82) is 0 Å². The maximum atomic E-state index is 10.6.